The van der Waals surface area contributed by atoms with E-state index in [0.717, 1.165) is 16.9 Å². The molecule has 0 unspecified atom stereocenters. The number of nitrogens with zero attached hydrogens (tertiary/aromatic N) is 3. The first-order valence-electron chi connectivity index (χ1n) is 11.4. The number of hydrogen-bond acceptors (Lipinski definition) is 6. The molecule has 3 heterocycles. The van der Waals surface area contributed by atoms with Crippen LogP contribution in [0.1, 0.15) is 27.3 Å². The predicted molar refractivity (Wildman–Crippen MR) is 136 cm³/mol. The average Bonchev–Trinajstić information content (AvgIpc) is 3.52. The van der Waals surface area contributed by atoms with Crippen molar-refractivity contribution in [2.45, 2.75) is 20.8 Å². The maximum Gasteiger partial charge on any atom is 0.339 e. The summed E-state index contributed by atoms with van der Waals surface area (Å²) >= 11 is 0. The van der Waals surface area contributed by atoms with Crippen LogP contribution in [0.5, 0.6) is 0 Å². The molecule has 8 heteroatoms. The number of anilines is 1. The van der Waals surface area contributed by atoms with Crippen LogP contribution < -0.4 is 5.32 Å². The van der Waals surface area contributed by atoms with Gasteiger partial charge in [-0.05, 0) is 57.2 Å². The Bertz CT molecular complexity index is 1570. The van der Waals surface area contributed by atoms with Crippen LogP contribution in [0.15, 0.2) is 77.4 Å². The number of furan rings is 1. The third-order valence-electron chi connectivity index (χ3n) is 5.88. The van der Waals surface area contributed by atoms with Crippen LogP contribution in [0.25, 0.3) is 28.0 Å². The van der Waals surface area contributed by atoms with Gasteiger partial charge in [0.25, 0.3) is 5.91 Å². The number of carbonyl (C=O) groups is 2. The first-order valence-corrected chi connectivity index (χ1v) is 11.4. The molecule has 0 atom stereocenters. The van der Waals surface area contributed by atoms with Crippen molar-refractivity contribution in [1.82, 2.24) is 14.8 Å². The second-order valence-electron chi connectivity index (χ2n) is 8.47. The molecule has 2 aromatic carbocycles. The molecular weight excluding hydrogens is 456 g/mol. The van der Waals surface area contributed by atoms with Crippen molar-refractivity contribution in [2.75, 3.05) is 11.9 Å². The number of aryl methyl sites for hydroxylation is 2. The van der Waals surface area contributed by atoms with Crippen LogP contribution in [0.2, 0.25) is 0 Å². The third kappa shape index (κ3) is 4.48. The number of fused-ring (bicyclic) bond motifs is 1. The van der Waals surface area contributed by atoms with Crippen LogP contribution in [-0.2, 0) is 9.53 Å². The van der Waals surface area contributed by atoms with Crippen molar-refractivity contribution in [1.29, 1.82) is 0 Å². The Morgan fingerprint density at radius 1 is 1.00 bits per heavy atom. The zero-order valence-electron chi connectivity index (χ0n) is 20.1. The quantitative estimate of drug-likeness (QED) is 0.327. The first-order chi connectivity index (χ1) is 17.4. The topological polar surface area (TPSA) is 99.2 Å². The monoisotopic (exact) mass is 480 g/mol. The molecule has 8 nitrogen and oxygen atoms in total. The molecule has 1 N–H and O–H groups in total. The molecule has 5 aromatic rings. The highest BCUT2D eigenvalue weighted by molar-refractivity contribution is 6.05. The molecule has 0 aliphatic carbocycles. The van der Waals surface area contributed by atoms with Gasteiger partial charge in [0.05, 0.1) is 40.1 Å². The Balaban J connectivity index is 1.33. The molecule has 3 aromatic heterocycles. The van der Waals surface area contributed by atoms with Crippen LogP contribution in [0.3, 0.4) is 0 Å². The van der Waals surface area contributed by atoms with E-state index in [2.05, 4.69) is 15.4 Å². The van der Waals surface area contributed by atoms with E-state index in [1.807, 2.05) is 63.2 Å². The number of carbonyl (C=O) groups excluding carboxylic acids is 2. The summed E-state index contributed by atoms with van der Waals surface area (Å²) in [5.41, 5.74) is 5.50. The van der Waals surface area contributed by atoms with E-state index < -0.39 is 18.5 Å². The largest absolute Gasteiger partial charge is 0.463 e. The molecule has 0 radical (unpaired) electrons. The van der Waals surface area contributed by atoms with E-state index in [4.69, 9.17) is 9.15 Å². The van der Waals surface area contributed by atoms with Gasteiger partial charge in [0.15, 0.2) is 12.4 Å². The first kappa shape index (κ1) is 23.0. The standard InChI is InChI=1S/C28H24N4O4/c1-17-10-12-20(13-11-17)32-19(3)27(18(2)31-32)30-26(33)16-36-28(34)22-15-24(25-9-6-14-35-25)29-23-8-5-4-7-21(22)23/h4-15H,16H2,1-3H3,(H,30,33). The molecule has 0 aliphatic heterocycles. The molecule has 0 saturated heterocycles. The number of para-hydroxylation sites is 1. The van der Waals surface area contributed by atoms with E-state index in [1.54, 1.807) is 35.2 Å². The average molecular weight is 481 g/mol. The highest BCUT2D eigenvalue weighted by Crippen LogP contribution is 2.26. The van der Waals surface area contributed by atoms with E-state index in [0.29, 0.717) is 39.3 Å². The smallest absolute Gasteiger partial charge is 0.339 e. The lowest BCUT2D eigenvalue weighted by atomic mass is 10.1. The zero-order valence-corrected chi connectivity index (χ0v) is 20.1. The summed E-state index contributed by atoms with van der Waals surface area (Å²) < 4.78 is 12.6. The number of amides is 1. The molecule has 0 aliphatic rings. The van der Waals surface area contributed by atoms with Gasteiger partial charge < -0.3 is 14.5 Å². The van der Waals surface area contributed by atoms with Gasteiger partial charge >= 0.3 is 5.97 Å². The molecule has 5 rings (SSSR count). The van der Waals surface area contributed by atoms with Gasteiger partial charge in [-0.25, -0.2) is 14.5 Å². The van der Waals surface area contributed by atoms with Gasteiger partial charge in [-0.15, -0.1) is 0 Å². The van der Waals surface area contributed by atoms with E-state index in [9.17, 15) is 9.59 Å². The number of rotatable bonds is 6. The fourth-order valence-electron chi connectivity index (χ4n) is 4.04. The number of hydrogen-bond donors (Lipinski definition) is 1. The Morgan fingerprint density at radius 3 is 2.53 bits per heavy atom. The Hall–Kier alpha value is -4.72. The highest BCUT2D eigenvalue weighted by Gasteiger charge is 2.19. The normalized spacial score (nSPS) is 11.0. The molecule has 0 bridgehead atoms. The maximum absolute atomic E-state index is 13.0. The van der Waals surface area contributed by atoms with Crippen molar-refractivity contribution in [2.24, 2.45) is 0 Å². The molecule has 0 saturated carbocycles. The maximum atomic E-state index is 13.0. The number of ether oxygens (including phenoxy) is 1. The fourth-order valence-corrected chi connectivity index (χ4v) is 4.04. The molecule has 1 amide bonds. The zero-order chi connectivity index (χ0) is 25.2. The lowest BCUT2D eigenvalue weighted by Gasteiger charge is -2.10. The second kappa shape index (κ2) is 9.50. The van der Waals surface area contributed by atoms with Crippen LogP contribution in [0, 0.1) is 20.8 Å². The fraction of sp³-hybridized carbons (Fsp3) is 0.143. The van der Waals surface area contributed by atoms with Gasteiger partial charge in [0, 0.05) is 5.39 Å². The summed E-state index contributed by atoms with van der Waals surface area (Å²) in [6.07, 6.45) is 1.54. The molecular formula is C28H24N4O4. The summed E-state index contributed by atoms with van der Waals surface area (Å²) in [6.45, 7) is 5.27. The van der Waals surface area contributed by atoms with Crippen molar-refractivity contribution in [3.05, 3.63) is 95.5 Å². The van der Waals surface area contributed by atoms with E-state index >= 15 is 0 Å². The summed E-state index contributed by atoms with van der Waals surface area (Å²) in [6, 6.07) is 20.3. The van der Waals surface area contributed by atoms with Crippen LogP contribution >= 0.6 is 0 Å². The number of aromatic nitrogens is 3. The van der Waals surface area contributed by atoms with Crippen molar-refractivity contribution in [3.63, 3.8) is 0 Å². The van der Waals surface area contributed by atoms with Crippen molar-refractivity contribution in [3.8, 4) is 17.1 Å². The number of pyridine rings is 1. The lowest BCUT2D eigenvalue weighted by molar-refractivity contribution is -0.119. The molecule has 180 valence electrons. The number of esters is 1. The SMILES string of the molecule is Cc1ccc(-n2nc(C)c(NC(=O)COC(=O)c3cc(-c4ccco4)nc4ccccc34)c2C)cc1. The number of benzene rings is 2. The number of nitrogens with one attached hydrogen (secondary N) is 1. The van der Waals surface area contributed by atoms with Crippen LogP contribution in [0.4, 0.5) is 5.69 Å². The predicted octanol–water partition coefficient (Wildman–Crippen LogP) is 5.40. The Morgan fingerprint density at radius 2 is 1.78 bits per heavy atom. The summed E-state index contributed by atoms with van der Waals surface area (Å²) in [5.74, 6) is -0.549. The van der Waals surface area contributed by atoms with Crippen molar-refractivity contribution < 1.29 is 18.7 Å². The van der Waals surface area contributed by atoms with Gasteiger partial charge in [0.1, 0.15) is 5.69 Å². The van der Waals surface area contributed by atoms with Gasteiger partial charge in [0.2, 0.25) is 0 Å². The lowest BCUT2D eigenvalue weighted by Crippen LogP contribution is -2.21. The molecule has 0 spiro atoms. The van der Waals surface area contributed by atoms with Gasteiger partial charge in [-0.1, -0.05) is 35.9 Å². The highest BCUT2D eigenvalue weighted by atomic mass is 16.5. The Labute approximate surface area is 207 Å². The van der Waals surface area contributed by atoms with E-state index in [-0.39, 0.29) is 0 Å². The van der Waals surface area contributed by atoms with Gasteiger partial charge in [-0.3, -0.25) is 4.79 Å². The van der Waals surface area contributed by atoms with Crippen molar-refractivity contribution >= 4 is 28.5 Å². The summed E-state index contributed by atoms with van der Waals surface area (Å²) in [7, 11) is 0. The van der Waals surface area contributed by atoms with Crippen LogP contribution in [-0.4, -0.2) is 33.2 Å². The minimum absolute atomic E-state index is 0.305. The molecule has 36 heavy (non-hydrogen) atoms. The minimum atomic E-state index is -0.625. The Kier molecular flexibility index (Phi) is 6.08. The summed E-state index contributed by atoms with van der Waals surface area (Å²) in [5, 5.41) is 8.01. The minimum Gasteiger partial charge on any atom is -0.463 e. The third-order valence-corrected chi connectivity index (χ3v) is 5.88. The summed E-state index contributed by atoms with van der Waals surface area (Å²) in [4.78, 5) is 30.3. The molecule has 0 fully saturated rings. The van der Waals surface area contributed by atoms with Gasteiger partial charge in [-0.2, -0.15) is 5.10 Å². The second-order valence-corrected chi connectivity index (χ2v) is 8.47. The van der Waals surface area contributed by atoms with E-state index in [1.165, 1.54) is 0 Å².